The summed E-state index contributed by atoms with van der Waals surface area (Å²) in [5, 5.41) is 8.50. The van der Waals surface area contributed by atoms with Gasteiger partial charge in [-0.3, -0.25) is 0 Å². The van der Waals surface area contributed by atoms with Gasteiger partial charge in [0.1, 0.15) is 11.5 Å². The van der Waals surface area contributed by atoms with Crippen LogP contribution >= 0.6 is 0 Å². The fraction of sp³-hybridized carbons (Fsp3) is 0.316. The van der Waals surface area contributed by atoms with Crippen LogP contribution in [0.15, 0.2) is 47.1 Å². The summed E-state index contributed by atoms with van der Waals surface area (Å²) in [5.41, 5.74) is 4.68. The van der Waals surface area contributed by atoms with Gasteiger partial charge < -0.3 is 9.73 Å². The average molecular weight is 307 g/mol. The largest absolute Gasteiger partial charge is 0.463 e. The first-order valence-electron chi connectivity index (χ1n) is 8.36. The standard InChI is InChI=1S/C19H21N3O/c1-2-14-8-3-4-10-16(14)22-19-15(9-5-6-12-20-19)18(21-22)17-11-7-13-23-17/h3-4,7-8,10-11,13,20H,2,5-6,9,12H2,1H3. The Hall–Kier alpha value is -2.49. The lowest BCUT2D eigenvalue weighted by molar-refractivity contribution is 0.578. The number of para-hydroxylation sites is 1. The summed E-state index contributed by atoms with van der Waals surface area (Å²) in [6.45, 7) is 3.17. The van der Waals surface area contributed by atoms with Gasteiger partial charge in [0.05, 0.1) is 12.0 Å². The summed E-state index contributed by atoms with van der Waals surface area (Å²) >= 11 is 0. The molecule has 23 heavy (non-hydrogen) atoms. The number of furan rings is 1. The Morgan fingerprint density at radius 2 is 2.09 bits per heavy atom. The third kappa shape index (κ3) is 2.44. The molecule has 4 heteroatoms. The maximum Gasteiger partial charge on any atom is 0.154 e. The summed E-state index contributed by atoms with van der Waals surface area (Å²) in [6, 6.07) is 12.4. The van der Waals surface area contributed by atoms with Crippen LogP contribution in [0.2, 0.25) is 0 Å². The first kappa shape index (κ1) is 14.1. The van der Waals surface area contributed by atoms with Gasteiger partial charge in [-0.1, -0.05) is 25.1 Å². The van der Waals surface area contributed by atoms with E-state index < -0.39 is 0 Å². The number of aryl methyl sites for hydroxylation is 1. The van der Waals surface area contributed by atoms with Crippen LogP contribution in [0, 0.1) is 0 Å². The molecule has 118 valence electrons. The molecule has 1 aliphatic heterocycles. The van der Waals surface area contributed by atoms with Gasteiger partial charge in [-0.2, -0.15) is 5.10 Å². The Kier molecular flexibility index (Phi) is 3.66. The molecule has 2 aromatic heterocycles. The Bertz CT molecular complexity index is 802. The number of rotatable bonds is 3. The smallest absolute Gasteiger partial charge is 0.154 e. The van der Waals surface area contributed by atoms with Crippen LogP contribution < -0.4 is 5.32 Å². The first-order chi connectivity index (χ1) is 11.4. The molecule has 1 aliphatic rings. The van der Waals surface area contributed by atoms with Gasteiger partial charge in [0, 0.05) is 12.1 Å². The normalized spacial score (nSPS) is 14.1. The molecular formula is C19H21N3O. The molecule has 1 aromatic carbocycles. The van der Waals surface area contributed by atoms with Crippen LogP contribution in [-0.2, 0) is 12.8 Å². The number of aromatic nitrogens is 2. The van der Waals surface area contributed by atoms with Crippen molar-refractivity contribution in [2.75, 3.05) is 11.9 Å². The number of nitrogens with zero attached hydrogens (tertiary/aromatic N) is 2. The zero-order valence-electron chi connectivity index (χ0n) is 13.4. The number of fused-ring (bicyclic) bond motifs is 1. The molecule has 4 rings (SSSR count). The number of hydrogen-bond acceptors (Lipinski definition) is 3. The number of nitrogens with one attached hydrogen (secondary N) is 1. The van der Waals surface area contributed by atoms with Gasteiger partial charge in [0.25, 0.3) is 0 Å². The molecule has 0 spiro atoms. The zero-order valence-corrected chi connectivity index (χ0v) is 13.4. The Morgan fingerprint density at radius 3 is 2.91 bits per heavy atom. The number of benzene rings is 1. The summed E-state index contributed by atoms with van der Waals surface area (Å²) in [7, 11) is 0. The summed E-state index contributed by atoms with van der Waals surface area (Å²) in [5.74, 6) is 1.97. The van der Waals surface area contributed by atoms with Crippen molar-refractivity contribution in [2.24, 2.45) is 0 Å². The van der Waals surface area contributed by atoms with Crippen molar-refractivity contribution < 1.29 is 4.42 Å². The van der Waals surface area contributed by atoms with Gasteiger partial charge in [0.15, 0.2) is 5.76 Å². The molecule has 0 bridgehead atoms. The van der Waals surface area contributed by atoms with E-state index in [9.17, 15) is 0 Å². The van der Waals surface area contributed by atoms with Crippen LogP contribution in [0.3, 0.4) is 0 Å². The highest BCUT2D eigenvalue weighted by Crippen LogP contribution is 2.34. The second-order valence-corrected chi connectivity index (χ2v) is 5.93. The molecular weight excluding hydrogens is 286 g/mol. The highest BCUT2D eigenvalue weighted by molar-refractivity contribution is 5.68. The topological polar surface area (TPSA) is 43.0 Å². The number of hydrogen-bond donors (Lipinski definition) is 1. The van der Waals surface area contributed by atoms with E-state index in [2.05, 4.69) is 41.2 Å². The van der Waals surface area contributed by atoms with Crippen LogP contribution in [-0.4, -0.2) is 16.3 Å². The Balaban J connectivity index is 1.93. The molecule has 0 aliphatic carbocycles. The van der Waals surface area contributed by atoms with E-state index in [4.69, 9.17) is 9.52 Å². The van der Waals surface area contributed by atoms with Gasteiger partial charge in [-0.05, 0) is 49.4 Å². The highest BCUT2D eigenvalue weighted by Gasteiger charge is 2.23. The fourth-order valence-electron chi connectivity index (χ4n) is 3.30. The second kappa shape index (κ2) is 5.95. The van der Waals surface area contributed by atoms with E-state index in [1.807, 2.05) is 12.1 Å². The van der Waals surface area contributed by atoms with Crippen molar-refractivity contribution in [3.05, 3.63) is 53.8 Å². The van der Waals surface area contributed by atoms with E-state index in [1.165, 1.54) is 24.0 Å². The lowest BCUT2D eigenvalue weighted by Crippen LogP contribution is -2.08. The van der Waals surface area contributed by atoms with Crippen molar-refractivity contribution in [3.8, 4) is 17.1 Å². The zero-order chi connectivity index (χ0) is 15.6. The van der Waals surface area contributed by atoms with Gasteiger partial charge in [0.2, 0.25) is 0 Å². The molecule has 0 atom stereocenters. The van der Waals surface area contributed by atoms with E-state index in [-0.39, 0.29) is 0 Å². The van der Waals surface area contributed by atoms with E-state index in [0.717, 1.165) is 42.3 Å². The van der Waals surface area contributed by atoms with Gasteiger partial charge in [-0.15, -0.1) is 0 Å². The lowest BCUT2D eigenvalue weighted by atomic mass is 10.1. The fourth-order valence-corrected chi connectivity index (χ4v) is 3.30. The predicted octanol–water partition coefficient (Wildman–Crippen LogP) is 4.44. The van der Waals surface area contributed by atoms with Crippen LogP contribution in [0.5, 0.6) is 0 Å². The summed E-state index contributed by atoms with van der Waals surface area (Å²) in [6.07, 6.45) is 6.09. The minimum atomic E-state index is 0.845. The second-order valence-electron chi connectivity index (χ2n) is 5.93. The molecule has 4 nitrogen and oxygen atoms in total. The summed E-state index contributed by atoms with van der Waals surface area (Å²) in [4.78, 5) is 0. The van der Waals surface area contributed by atoms with E-state index in [0.29, 0.717) is 0 Å². The van der Waals surface area contributed by atoms with E-state index >= 15 is 0 Å². The van der Waals surface area contributed by atoms with Crippen molar-refractivity contribution in [2.45, 2.75) is 32.6 Å². The van der Waals surface area contributed by atoms with Crippen LogP contribution in [0.1, 0.15) is 30.9 Å². The van der Waals surface area contributed by atoms with Crippen LogP contribution in [0.4, 0.5) is 5.82 Å². The van der Waals surface area contributed by atoms with Gasteiger partial charge in [-0.25, -0.2) is 4.68 Å². The quantitative estimate of drug-likeness (QED) is 0.777. The molecule has 0 amide bonds. The monoisotopic (exact) mass is 307 g/mol. The maximum absolute atomic E-state index is 5.63. The molecule has 0 unspecified atom stereocenters. The SMILES string of the molecule is CCc1ccccc1-n1nc(-c2ccco2)c2c1NCCCC2. The molecule has 0 saturated heterocycles. The summed E-state index contributed by atoms with van der Waals surface area (Å²) < 4.78 is 7.70. The molecule has 1 N–H and O–H groups in total. The molecule has 3 heterocycles. The average Bonchev–Trinajstić information content (AvgIpc) is 3.17. The maximum atomic E-state index is 5.63. The minimum Gasteiger partial charge on any atom is -0.463 e. The van der Waals surface area contributed by atoms with E-state index in [1.54, 1.807) is 6.26 Å². The molecule has 0 saturated carbocycles. The molecule has 3 aromatic rings. The Labute approximate surface area is 136 Å². The van der Waals surface area contributed by atoms with Gasteiger partial charge >= 0.3 is 0 Å². The third-order valence-electron chi connectivity index (χ3n) is 4.48. The van der Waals surface area contributed by atoms with Crippen molar-refractivity contribution in [1.29, 1.82) is 0 Å². The van der Waals surface area contributed by atoms with Crippen LogP contribution in [0.25, 0.3) is 17.1 Å². The first-order valence-corrected chi connectivity index (χ1v) is 8.36. The van der Waals surface area contributed by atoms with Crippen molar-refractivity contribution in [3.63, 3.8) is 0 Å². The van der Waals surface area contributed by atoms with Crippen molar-refractivity contribution in [1.82, 2.24) is 9.78 Å². The molecule has 0 radical (unpaired) electrons. The Morgan fingerprint density at radius 1 is 1.17 bits per heavy atom. The van der Waals surface area contributed by atoms with Crippen molar-refractivity contribution >= 4 is 5.82 Å². The third-order valence-corrected chi connectivity index (χ3v) is 4.48. The lowest BCUT2D eigenvalue weighted by Gasteiger charge is -2.12. The predicted molar refractivity (Wildman–Crippen MR) is 92.1 cm³/mol. The molecule has 0 fully saturated rings. The minimum absolute atomic E-state index is 0.845. The highest BCUT2D eigenvalue weighted by atomic mass is 16.3. The number of anilines is 1.